The third-order valence-corrected chi connectivity index (χ3v) is 3.01. The lowest BCUT2D eigenvalue weighted by atomic mass is 10.1. The van der Waals surface area contributed by atoms with E-state index < -0.39 is 17.5 Å². The van der Waals surface area contributed by atoms with Gasteiger partial charge in [0.1, 0.15) is 6.33 Å². The molecule has 22 heavy (non-hydrogen) atoms. The molecule has 0 bridgehead atoms. The van der Waals surface area contributed by atoms with Crippen molar-refractivity contribution in [2.45, 2.75) is 0 Å². The predicted molar refractivity (Wildman–Crippen MR) is 76.1 cm³/mol. The molecule has 1 heterocycles. The number of anilines is 1. The zero-order chi connectivity index (χ0) is 15.5. The van der Waals surface area contributed by atoms with Crippen molar-refractivity contribution in [2.75, 3.05) is 5.32 Å². The average molecular weight is 300 g/mol. The molecule has 0 saturated carbocycles. The second-order valence-electron chi connectivity index (χ2n) is 4.49. The number of hydrogen-bond acceptors (Lipinski definition) is 3. The summed E-state index contributed by atoms with van der Waals surface area (Å²) in [7, 11) is 0. The van der Waals surface area contributed by atoms with Crippen molar-refractivity contribution >= 4 is 11.6 Å². The molecule has 110 valence electrons. The zero-order valence-corrected chi connectivity index (χ0v) is 11.2. The van der Waals surface area contributed by atoms with Crippen LogP contribution in [0.15, 0.2) is 48.8 Å². The van der Waals surface area contributed by atoms with Gasteiger partial charge in [0.25, 0.3) is 5.91 Å². The minimum atomic E-state index is -1.06. The summed E-state index contributed by atoms with van der Waals surface area (Å²) in [5.41, 5.74) is 1.37. The van der Waals surface area contributed by atoms with Gasteiger partial charge in [-0.05, 0) is 42.5 Å². The van der Waals surface area contributed by atoms with Crippen molar-refractivity contribution in [1.82, 2.24) is 15.2 Å². The number of aromatic nitrogens is 3. The second kappa shape index (κ2) is 5.72. The van der Waals surface area contributed by atoms with Crippen LogP contribution >= 0.6 is 0 Å². The maximum atomic E-state index is 13.1. The number of halogens is 2. The van der Waals surface area contributed by atoms with Gasteiger partial charge in [0.15, 0.2) is 17.5 Å². The molecule has 1 amide bonds. The van der Waals surface area contributed by atoms with Crippen molar-refractivity contribution in [3.8, 4) is 11.4 Å². The molecule has 1 aromatic heterocycles. The van der Waals surface area contributed by atoms with E-state index in [0.29, 0.717) is 11.5 Å². The van der Waals surface area contributed by atoms with E-state index in [9.17, 15) is 13.6 Å². The van der Waals surface area contributed by atoms with E-state index in [-0.39, 0.29) is 5.56 Å². The minimum Gasteiger partial charge on any atom is -0.322 e. The van der Waals surface area contributed by atoms with E-state index in [1.807, 2.05) is 0 Å². The molecule has 0 atom stereocenters. The molecule has 0 spiro atoms. The molecule has 2 aromatic carbocycles. The van der Waals surface area contributed by atoms with Gasteiger partial charge in [-0.1, -0.05) is 0 Å². The zero-order valence-electron chi connectivity index (χ0n) is 11.2. The number of aromatic amines is 1. The van der Waals surface area contributed by atoms with Gasteiger partial charge in [0.05, 0.1) is 0 Å². The van der Waals surface area contributed by atoms with Gasteiger partial charge in [0.2, 0.25) is 0 Å². The Bertz CT molecular complexity index is 801. The van der Waals surface area contributed by atoms with E-state index in [1.165, 1.54) is 12.4 Å². The Hall–Kier alpha value is -3.09. The summed E-state index contributed by atoms with van der Waals surface area (Å²) < 4.78 is 26.0. The van der Waals surface area contributed by atoms with Gasteiger partial charge in [-0.25, -0.2) is 13.8 Å². The maximum absolute atomic E-state index is 13.1. The lowest BCUT2D eigenvalue weighted by molar-refractivity contribution is 0.102. The topological polar surface area (TPSA) is 70.7 Å². The summed E-state index contributed by atoms with van der Waals surface area (Å²) in [6.45, 7) is 0. The molecule has 0 saturated heterocycles. The SMILES string of the molecule is O=C(Nc1ccc(-c2ncn[nH]2)cc1)c1ccc(F)c(F)c1. The van der Waals surface area contributed by atoms with Crippen molar-refractivity contribution < 1.29 is 13.6 Å². The van der Waals surface area contributed by atoms with Crippen LogP contribution in [0, 0.1) is 11.6 Å². The summed E-state index contributed by atoms with van der Waals surface area (Å²) in [5, 5.41) is 9.08. The van der Waals surface area contributed by atoms with E-state index in [4.69, 9.17) is 0 Å². The number of rotatable bonds is 3. The van der Waals surface area contributed by atoms with Crippen molar-refractivity contribution in [2.24, 2.45) is 0 Å². The number of nitrogens with zero attached hydrogens (tertiary/aromatic N) is 2. The molecule has 5 nitrogen and oxygen atoms in total. The summed E-state index contributed by atoms with van der Waals surface area (Å²) in [6, 6.07) is 9.84. The number of hydrogen-bond donors (Lipinski definition) is 2. The Kier molecular flexibility index (Phi) is 3.61. The summed E-state index contributed by atoms with van der Waals surface area (Å²) >= 11 is 0. The van der Waals surface area contributed by atoms with Gasteiger partial charge < -0.3 is 5.32 Å². The van der Waals surface area contributed by atoms with E-state index >= 15 is 0 Å². The van der Waals surface area contributed by atoms with Crippen molar-refractivity contribution in [3.05, 3.63) is 66.0 Å². The summed E-state index contributed by atoms with van der Waals surface area (Å²) in [5.74, 6) is -1.97. The van der Waals surface area contributed by atoms with Crippen LogP contribution in [0.2, 0.25) is 0 Å². The third kappa shape index (κ3) is 2.83. The maximum Gasteiger partial charge on any atom is 0.255 e. The first kappa shape index (κ1) is 13.9. The summed E-state index contributed by atoms with van der Waals surface area (Å²) in [4.78, 5) is 16.0. The fourth-order valence-corrected chi connectivity index (χ4v) is 1.90. The highest BCUT2D eigenvalue weighted by atomic mass is 19.2. The Labute approximate surface area is 124 Å². The van der Waals surface area contributed by atoms with E-state index in [2.05, 4.69) is 20.5 Å². The normalized spacial score (nSPS) is 10.5. The first-order valence-electron chi connectivity index (χ1n) is 6.36. The number of benzene rings is 2. The Morgan fingerprint density at radius 3 is 2.45 bits per heavy atom. The Morgan fingerprint density at radius 2 is 1.82 bits per heavy atom. The molecule has 0 fully saturated rings. The second-order valence-corrected chi connectivity index (χ2v) is 4.49. The van der Waals surface area contributed by atoms with Crippen molar-refractivity contribution in [1.29, 1.82) is 0 Å². The lowest BCUT2D eigenvalue weighted by Crippen LogP contribution is -2.12. The number of H-pyrrole nitrogens is 1. The molecule has 0 unspecified atom stereocenters. The fraction of sp³-hybridized carbons (Fsp3) is 0. The number of nitrogens with one attached hydrogen (secondary N) is 2. The van der Waals surface area contributed by atoms with Gasteiger partial charge in [0, 0.05) is 16.8 Å². The largest absolute Gasteiger partial charge is 0.322 e. The molecule has 2 N–H and O–H groups in total. The quantitative estimate of drug-likeness (QED) is 0.781. The highest BCUT2D eigenvalue weighted by molar-refractivity contribution is 6.04. The molecule has 0 aliphatic heterocycles. The van der Waals surface area contributed by atoms with Crippen LogP contribution in [0.1, 0.15) is 10.4 Å². The standard InChI is InChI=1S/C15H10F2N4O/c16-12-6-3-10(7-13(12)17)15(22)20-11-4-1-9(2-5-11)14-18-8-19-21-14/h1-8H,(H,20,22)(H,18,19,21). The molecule has 3 aromatic rings. The van der Waals surface area contributed by atoms with Gasteiger partial charge in [-0.15, -0.1) is 0 Å². The molecular weight excluding hydrogens is 290 g/mol. The molecule has 0 aliphatic rings. The first-order chi connectivity index (χ1) is 10.6. The number of amides is 1. The third-order valence-electron chi connectivity index (χ3n) is 3.01. The smallest absolute Gasteiger partial charge is 0.255 e. The monoisotopic (exact) mass is 300 g/mol. The lowest BCUT2D eigenvalue weighted by Gasteiger charge is -2.06. The Morgan fingerprint density at radius 1 is 1.05 bits per heavy atom. The fourth-order valence-electron chi connectivity index (χ4n) is 1.90. The molecule has 3 rings (SSSR count). The van der Waals surface area contributed by atoms with Crippen LogP contribution in [-0.2, 0) is 0 Å². The predicted octanol–water partition coefficient (Wildman–Crippen LogP) is 3.00. The van der Waals surface area contributed by atoms with Gasteiger partial charge >= 0.3 is 0 Å². The van der Waals surface area contributed by atoms with Crippen molar-refractivity contribution in [3.63, 3.8) is 0 Å². The highest BCUT2D eigenvalue weighted by Crippen LogP contribution is 2.18. The molecular formula is C15H10F2N4O. The minimum absolute atomic E-state index is 0.0400. The van der Waals surface area contributed by atoms with Crippen LogP contribution in [0.3, 0.4) is 0 Å². The van der Waals surface area contributed by atoms with Crippen LogP contribution in [0.4, 0.5) is 14.5 Å². The first-order valence-corrected chi connectivity index (χ1v) is 6.36. The van der Waals surface area contributed by atoms with E-state index in [0.717, 1.165) is 17.7 Å². The van der Waals surface area contributed by atoms with Gasteiger partial charge in [-0.3, -0.25) is 9.89 Å². The molecule has 0 aliphatic carbocycles. The highest BCUT2D eigenvalue weighted by Gasteiger charge is 2.10. The number of carbonyl (C=O) groups excluding carboxylic acids is 1. The van der Waals surface area contributed by atoms with Crippen LogP contribution < -0.4 is 5.32 Å². The van der Waals surface area contributed by atoms with Crippen LogP contribution in [0.5, 0.6) is 0 Å². The van der Waals surface area contributed by atoms with E-state index in [1.54, 1.807) is 24.3 Å². The van der Waals surface area contributed by atoms with Gasteiger partial charge in [-0.2, -0.15) is 5.10 Å². The summed E-state index contributed by atoms with van der Waals surface area (Å²) in [6.07, 6.45) is 1.40. The van der Waals surface area contributed by atoms with Crippen LogP contribution in [0.25, 0.3) is 11.4 Å². The van der Waals surface area contributed by atoms with Crippen LogP contribution in [-0.4, -0.2) is 21.1 Å². The number of carbonyl (C=O) groups is 1. The molecule has 7 heteroatoms. The molecule has 0 radical (unpaired) electrons. The average Bonchev–Trinajstić information content (AvgIpc) is 3.05. The Balaban J connectivity index is 1.75.